The zero-order chi connectivity index (χ0) is 29.1. The number of aliphatic hydroxyl groups excluding tert-OH is 7. The van der Waals surface area contributed by atoms with Gasteiger partial charge in [-0.05, 0) is 12.3 Å². The third kappa shape index (κ3) is 7.14. The summed E-state index contributed by atoms with van der Waals surface area (Å²) in [5.74, 6) is -1.21. The van der Waals surface area contributed by atoms with Crippen LogP contribution in [0.25, 0.3) is 0 Å². The van der Waals surface area contributed by atoms with Gasteiger partial charge >= 0.3 is 6.03 Å². The summed E-state index contributed by atoms with van der Waals surface area (Å²) in [7, 11) is -3.38. The Labute approximate surface area is 228 Å². The molecule has 19 heteroatoms. The van der Waals surface area contributed by atoms with Crippen LogP contribution in [0.2, 0.25) is 0 Å². The van der Waals surface area contributed by atoms with E-state index in [4.69, 9.17) is 25.8 Å². The number of rotatable bonds is 10. The van der Waals surface area contributed by atoms with Crippen LogP contribution in [0.3, 0.4) is 0 Å². The molecule has 3 heterocycles. The number of ether oxygens (including phenoxy) is 3. The number of aliphatic hydroxyl groups is 7. The predicted molar refractivity (Wildman–Crippen MR) is 128 cm³/mol. The van der Waals surface area contributed by atoms with E-state index in [1.54, 1.807) is 0 Å². The lowest BCUT2D eigenvalue weighted by Crippen LogP contribution is -2.68. The van der Waals surface area contributed by atoms with Gasteiger partial charge < -0.3 is 50.0 Å². The van der Waals surface area contributed by atoms with Crippen molar-refractivity contribution in [1.82, 2.24) is 9.91 Å². The van der Waals surface area contributed by atoms with E-state index in [-0.39, 0.29) is 36.9 Å². The number of sulfone groups is 1. The van der Waals surface area contributed by atoms with Crippen molar-refractivity contribution < 1.29 is 63.2 Å². The summed E-state index contributed by atoms with van der Waals surface area (Å²) in [6.45, 7) is -2.28. The average molecular weight is 608 g/mol. The molecule has 226 valence electrons. The Bertz CT molecular complexity index is 945. The first-order chi connectivity index (χ1) is 18.4. The van der Waals surface area contributed by atoms with Gasteiger partial charge in [-0.15, -0.1) is 16.5 Å². The molecule has 3 aliphatic heterocycles. The van der Waals surface area contributed by atoms with Gasteiger partial charge in [0.25, 0.3) is 0 Å². The minimum Gasteiger partial charge on any atom is -0.394 e. The van der Waals surface area contributed by atoms with Gasteiger partial charge in [0.2, 0.25) is 0 Å². The van der Waals surface area contributed by atoms with Crippen LogP contribution in [0.1, 0.15) is 6.42 Å². The Morgan fingerprint density at radius 2 is 1.64 bits per heavy atom. The molecule has 7 N–H and O–H groups in total. The number of carbonyl (C=O) groups excluding carboxylic acids is 1. The summed E-state index contributed by atoms with van der Waals surface area (Å²) in [6.07, 6.45) is -17.0. The summed E-state index contributed by atoms with van der Waals surface area (Å²) >= 11 is 5.64. The SMILES string of the molecule is O=NN(CCCl)C(=O)N(CC1CCS(=O)(=O)C1)C1O[C@H](CO)[C@@H](O[C@H]2O[C@H](CO)[C@@H](O)[C@H](O)[C@H]2O)[C@H](O)[C@H]1O. The van der Waals surface area contributed by atoms with Crippen LogP contribution < -0.4 is 0 Å². The molecule has 0 radical (unpaired) electrons. The summed E-state index contributed by atoms with van der Waals surface area (Å²) in [5.41, 5.74) is 0. The lowest BCUT2D eigenvalue weighted by Gasteiger charge is -2.48. The minimum atomic E-state index is -3.38. The van der Waals surface area contributed by atoms with Gasteiger partial charge in [0.1, 0.15) is 48.8 Å². The molecule has 0 bridgehead atoms. The van der Waals surface area contributed by atoms with E-state index in [1.165, 1.54) is 0 Å². The Balaban J connectivity index is 1.84. The van der Waals surface area contributed by atoms with E-state index in [0.29, 0.717) is 5.01 Å². The maximum atomic E-state index is 13.2. The molecule has 39 heavy (non-hydrogen) atoms. The van der Waals surface area contributed by atoms with Crippen molar-refractivity contribution in [3.63, 3.8) is 0 Å². The molecule has 0 aromatic carbocycles. The second-order valence-corrected chi connectivity index (χ2v) is 12.2. The smallest absolute Gasteiger partial charge is 0.345 e. The number of nitrogens with zero attached hydrogens (tertiary/aromatic N) is 3. The Kier molecular flexibility index (Phi) is 11.2. The molecule has 2 amide bonds. The van der Waals surface area contributed by atoms with Crippen molar-refractivity contribution in [3.05, 3.63) is 4.91 Å². The van der Waals surface area contributed by atoms with Crippen molar-refractivity contribution in [2.45, 2.75) is 67.8 Å². The van der Waals surface area contributed by atoms with Crippen LogP contribution >= 0.6 is 11.6 Å². The van der Waals surface area contributed by atoms with Crippen LogP contribution in [-0.2, 0) is 24.0 Å². The molecule has 3 fully saturated rings. The van der Waals surface area contributed by atoms with Gasteiger partial charge in [0, 0.05) is 12.4 Å². The number of amides is 2. The molecular weight excluding hydrogens is 574 g/mol. The first-order valence-corrected chi connectivity index (χ1v) is 14.5. The van der Waals surface area contributed by atoms with Crippen LogP contribution in [0.5, 0.6) is 0 Å². The van der Waals surface area contributed by atoms with Gasteiger partial charge in [-0.3, -0.25) is 4.90 Å². The third-order valence-electron chi connectivity index (χ3n) is 6.93. The molecule has 0 saturated carbocycles. The maximum Gasteiger partial charge on any atom is 0.345 e. The highest BCUT2D eigenvalue weighted by Crippen LogP contribution is 2.32. The normalized spacial score (nSPS) is 40.3. The highest BCUT2D eigenvalue weighted by Gasteiger charge is 2.52. The molecule has 0 aliphatic carbocycles. The van der Waals surface area contributed by atoms with Crippen molar-refractivity contribution in [2.24, 2.45) is 11.2 Å². The van der Waals surface area contributed by atoms with Gasteiger partial charge in [-0.2, -0.15) is 5.01 Å². The number of hydrogen-bond donors (Lipinski definition) is 7. The molecule has 3 aliphatic rings. The summed E-state index contributed by atoms with van der Waals surface area (Å²) in [5, 5.41) is 74.5. The number of carbonyl (C=O) groups is 1. The van der Waals surface area contributed by atoms with E-state index in [1.807, 2.05) is 0 Å². The fourth-order valence-electron chi connectivity index (χ4n) is 4.81. The van der Waals surface area contributed by atoms with Crippen molar-refractivity contribution >= 4 is 27.5 Å². The molecule has 0 aromatic rings. The highest BCUT2D eigenvalue weighted by molar-refractivity contribution is 7.91. The zero-order valence-corrected chi connectivity index (χ0v) is 22.2. The molecule has 17 nitrogen and oxygen atoms in total. The largest absolute Gasteiger partial charge is 0.394 e. The Hall–Kier alpha value is -1.29. The molecule has 3 saturated heterocycles. The molecule has 11 atom stereocenters. The van der Waals surface area contributed by atoms with Gasteiger partial charge in [0.05, 0.1) is 36.6 Å². The van der Waals surface area contributed by atoms with E-state index in [9.17, 15) is 53.9 Å². The van der Waals surface area contributed by atoms with Gasteiger partial charge in [-0.1, -0.05) is 0 Å². The minimum absolute atomic E-state index is 0.137. The van der Waals surface area contributed by atoms with Crippen molar-refractivity contribution in [3.8, 4) is 0 Å². The third-order valence-corrected chi connectivity index (χ3v) is 8.94. The van der Waals surface area contributed by atoms with Crippen molar-refractivity contribution in [2.75, 3.05) is 43.7 Å². The number of urea groups is 1. The van der Waals surface area contributed by atoms with E-state index in [0.717, 1.165) is 4.90 Å². The fraction of sp³-hybridized carbons (Fsp3) is 0.950. The molecule has 0 aromatic heterocycles. The number of alkyl halides is 1. The second kappa shape index (κ2) is 13.6. The Morgan fingerprint density at radius 1 is 0.974 bits per heavy atom. The summed E-state index contributed by atoms with van der Waals surface area (Å²) in [6, 6.07) is -1.10. The quantitative estimate of drug-likeness (QED) is 0.0704. The van der Waals surface area contributed by atoms with Crippen LogP contribution in [0.4, 0.5) is 4.79 Å². The molecule has 2 unspecified atom stereocenters. The van der Waals surface area contributed by atoms with E-state index in [2.05, 4.69) is 5.29 Å². The number of halogens is 1. The second-order valence-electron chi connectivity index (χ2n) is 9.62. The maximum absolute atomic E-state index is 13.2. The lowest BCUT2D eigenvalue weighted by atomic mass is 9.95. The topological polar surface area (TPSA) is 256 Å². The predicted octanol–water partition coefficient (Wildman–Crippen LogP) is -4.31. The summed E-state index contributed by atoms with van der Waals surface area (Å²) < 4.78 is 40.4. The van der Waals surface area contributed by atoms with Crippen LogP contribution in [0.15, 0.2) is 5.29 Å². The lowest BCUT2D eigenvalue weighted by molar-refractivity contribution is -0.347. The van der Waals surface area contributed by atoms with Crippen LogP contribution in [0, 0.1) is 10.8 Å². The molecular formula is C20H34ClN3O14S. The number of nitroso groups, excluding NO2 is 1. The first kappa shape index (κ1) is 32.2. The highest BCUT2D eigenvalue weighted by atomic mass is 35.5. The van der Waals surface area contributed by atoms with Crippen LogP contribution in [-0.4, -0.2) is 165 Å². The molecule has 0 spiro atoms. The van der Waals surface area contributed by atoms with E-state index >= 15 is 0 Å². The fourth-order valence-corrected chi connectivity index (χ4v) is 6.82. The molecule has 3 rings (SSSR count). The standard InChI is InChI=1S/C20H34ClN3O14S/c21-2-3-24(22-33)20(32)23(5-9-1-4-39(34,35)8-9)18-15(30)14(29)17(11(7-26)36-18)38-19-16(31)13(28)12(27)10(6-25)37-19/h9-19,25-31H,1-8H2/t9?,10-,11-,12-,13+,14-,15-,16-,17-,18?,19-/m1/s1. The zero-order valence-electron chi connectivity index (χ0n) is 20.6. The van der Waals surface area contributed by atoms with Gasteiger partial charge in [0.15, 0.2) is 22.4 Å². The Morgan fingerprint density at radius 3 is 2.18 bits per heavy atom. The van der Waals surface area contributed by atoms with Crippen molar-refractivity contribution in [1.29, 1.82) is 0 Å². The van der Waals surface area contributed by atoms with E-state index < -0.39 is 96.3 Å². The average Bonchev–Trinajstić information content (AvgIpc) is 3.26. The first-order valence-electron chi connectivity index (χ1n) is 12.1. The number of hydrogen-bond acceptors (Lipinski definition) is 15. The summed E-state index contributed by atoms with van der Waals surface area (Å²) in [4.78, 5) is 25.3. The monoisotopic (exact) mass is 607 g/mol. The van der Waals surface area contributed by atoms with Gasteiger partial charge in [-0.25, -0.2) is 13.2 Å².